The molecule has 0 fully saturated rings. The maximum Gasteiger partial charge on any atom is 0.254 e. The Hall–Kier alpha value is -3.15. The van der Waals surface area contributed by atoms with Crippen molar-refractivity contribution in [2.45, 2.75) is 53.7 Å². The molecule has 0 amide bonds. The lowest BCUT2D eigenvalue weighted by Crippen LogP contribution is -2.24. The summed E-state index contributed by atoms with van der Waals surface area (Å²) in [5.74, 6) is 2.14. The van der Waals surface area contributed by atoms with Crippen LogP contribution in [0.2, 0.25) is 0 Å². The molecule has 152 valence electrons. The number of aromatic nitrogens is 3. The highest BCUT2D eigenvalue weighted by molar-refractivity contribution is 5.56. The van der Waals surface area contributed by atoms with Gasteiger partial charge in [-0.05, 0) is 65.3 Å². The van der Waals surface area contributed by atoms with E-state index in [9.17, 15) is 4.79 Å². The molecule has 2 heterocycles. The van der Waals surface area contributed by atoms with Crippen LogP contribution in [0.25, 0.3) is 11.4 Å². The van der Waals surface area contributed by atoms with E-state index in [-0.39, 0.29) is 11.2 Å². The number of nitrogens with one attached hydrogen (secondary N) is 2. The van der Waals surface area contributed by atoms with E-state index >= 15 is 0 Å². The van der Waals surface area contributed by atoms with Gasteiger partial charge in [0.05, 0.1) is 0 Å². The minimum Gasteiger partial charge on any atom is -0.488 e. The van der Waals surface area contributed by atoms with Crippen molar-refractivity contribution in [1.82, 2.24) is 15.0 Å². The molecule has 2 aromatic heterocycles. The molecule has 2 N–H and O–H groups in total. The van der Waals surface area contributed by atoms with E-state index in [1.807, 2.05) is 39.8 Å². The third kappa shape index (κ3) is 5.22. The number of rotatable bonds is 5. The molecular weight excluding hydrogens is 364 g/mol. The molecule has 3 aromatic rings. The van der Waals surface area contributed by atoms with Crippen molar-refractivity contribution in [3.63, 3.8) is 0 Å². The average molecular weight is 393 g/mol. The van der Waals surface area contributed by atoms with E-state index in [0.29, 0.717) is 17.9 Å². The zero-order chi connectivity index (χ0) is 21.2. The molecule has 6 nitrogen and oxygen atoms in total. The van der Waals surface area contributed by atoms with Gasteiger partial charge in [-0.1, -0.05) is 12.1 Å². The number of hydrogen-bond acceptors (Lipinski definition) is 5. The van der Waals surface area contributed by atoms with Gasteiger partial charge in [-0.2, -0.15) is 0 Å². The summed E-state index contributed by atoms with van der Waals surface area (Å²) in [4.78, 5) is 23.7. The molecule has 0 aliphatic heterocycles. The van der Waals surface area contributed by atoms with Gasteiger partial charge < -0.3 is 15.0 Å². The molecule has 0 spiro atoms. The zero-order valence-electron chi connectivity index (χ0n) is 17.9. The number of nitrogens with zero attached hydrogens (tertiary/aromatic N) is 2. The van der Waals surface area contributed by atoms with Gasteiger partial charge in [-0.25, -0.2) is 9.97 Å². The highest BCUT2D eigenvalue weighted by Gasteiger charge is 2.15. The third-order valence-corrected chi connectivity index (χ3v) is 4.53. The van der Waals surface area contributed by atoms with Crippen LogP contribution in [0.5, 0.6) is 5.75 Å². The summed E-state index contributed by atoms with van der Waals surface area (Å²) in [6.07, 6.45) is 1.71. The first kappa shape index (κ1) is 20.6. The topological polar surface area (TPSA) is 79.9 Å². The predicted molar refractivity (Wildman–Crippen MR) is 116 cm³/mol. The summed E-state index contributed by atoms with van der Waals surface area (Å²) in [5, 5.41) is 3.33. The third-order valence-electron chi connectivity index (χ3n) is 4.53. The van der Waals surface area contributed by atoms with E-state index in [1.165, 1.54) is 0 Å². The Bertz CT molecular complexity index is 1060. The van der Waals surface area contributed by atoms with Crippen molar-refractivity contribution in [1.29, 1.82) is 0 Å². The zero-order valence-corrected chi connectivity index (χ0v) is 17.9. The largest absolute Gasteiger partial charge is 0.488 e. The van der Waals surface area contributed by atoms with Crippen LogP contribution in [0.4, 0.5) is 5.82 Å². The highest BCUT2D eigenvalue weighted by Crippen LogP contribution is 2.25. The van der Waals surface area contributed by atoms with Gasteiger partial charge in [0.2, 0.25) is 0 Å². The Labute approximate surface area is 171 Å². The van der Waals surface area contributed by atoms with Crippen molar-refractivity contribution in [3.05, 3.63) is 69.3 Å². The smallest absolute Gasteiger partial charge is 0.254 e. The number of H-pyrrole nitrogens is 1. The van der Waals surface area contributed by atoms with Crippen molar-refractivity contribution in [3.8, 4) is 17.1 Å². The van der Waals surface area contributed by atoms with Gasteiger partial charge in [0, 0.05) is 35.1 Å². The minimum absolute atomic E-state index is 0.125. The molecule has 0 aliphatic carbocycles. The number of benzene rings is 1. The molecule has 6 heteroatoms. The first-order valence-electron chi connectivity index (χ1n) is 9.69. The Kier molecular flexibility index (Phi) is 5.73. The molecule has 0 aliphatic rings. The fourth-order valence-electron chi connectivity index (χ4n) is 2.84. The standard InChI is InChI=1S/C23H28N4O2/c1-14-7-8-17(19(11-14)29-23(4,5)6)12-24-20-10-9-18(13-25-20)21-26-16(3)15(2)22(28)27-21/h7-11,13H,12H2,1-6H3,(H,24,25)(H,26,27,28). The van der Waals surface area contributed by atoms with Crippen LogP contribution >= 0.6 is 0 Å². The van der Waals surface area contributed by atoms with Gasteiger partial charge in [0.15, 0.2) is 0 Å². The Balaban J connectivity index is 1.75. The Morgan fingerprint density at radius 2 is 1.86 bits per heavy atom. The SMILES string of the molecule is Cc1ccc(CNc2ccc(-c3nc(C)c(C)c(=O)[nH]3)cn2)c(OC(C)(C)C)c1. The Morgan fingerprint density at radius 1 is 1.10 bits per heavy atom. The molecule has 0 saturated heterocycles. The van der Waals surface area contributed by atoms with E-state index in [4.69, 9.17) is 4.74 Å². The number of aryl methyl sites for hydroxylation is 2. The number of ether oxygens (including phenoxy) is 1. The molecule has 0 bridgehead atoms. The average Bonchev–Trinajstić information content (AvgIpc) is 2.64. The predicted octanol–water partition coefficient (Wildman–Crippen LogP) is 4.55. The molecule has 29 heavy (non-hydrogen) atoms. The van der Waals surface area contributed by atoms with Gasteiger partial charge in [-0.3, -0.25) is 4.79 Å². The fraction of sp³-hybridized carbons (Fsp3) is 0.348. The van der Waals surface area contributed by atoms with Crippen LogP contribution in [0, 0.1) is 20.8 Å². The van der Waals surface area contributed by atoms with Gasteiger partial charge in [0.1, 0.15) is 23.0 Å². The van der Waals surface area contributed by atoms with Crippen molar-refractivity contribution < 1.29 is 4.74 Å². The lowest BCUT2D eigenvalue weighted by Gasteiger charge is -2.24. The summed E-state index contributed by atoms with van der Waals surface area (Å²) in [7, 11) is 0. The quantitative estimate of drug-likeness (QED) is 0.666. The van der Waals surface area contributed by atoms with Crippen molar-refractivity contribution in [2.24, 2.45) is 0 Å². The van der Waals surface area contributed by atoms with Crippen LogP contribution in [-0.4, -0.2) is 20.6 Å². The van der Waals surface area contributed by atoms with Crippen molar-refractivity contribution in [2.75, 3.05) is 5.32 Å². The van der Waals surface area contributed by atoms with Crippen LogP contribution < -0.4 is 15.6 Å². The second-order valence-corrected chi connectivity index (χ2v) is 8.24. The molecule has 0 saturated carbocycles. The lowest BCUT2D eigenvalue weighted by molar-refractivity contribution is 0.129. The number of pyridine rings is 1. The summed E-state index contributed by atoms with van der Waals surface area (Å²) in [6.45, 7) is 12.4. The molecule has 1 aromatic carbocycles. The van der Waals surface area contributed by atoms with Crippen LogP contribution in [0.15, 0.2) is 41.3 Å². The first-order valence-corrected chi connectivity index (χ1v) is 9.69. The monoisotopic (exact) mass is 392 g/mol. The second-order valence-electron chi connectivity index (χ2n) is 8.24. The van der Waals surface area contributed by atoms with Crippen LogP contribution in [0.3, 0.4) is 0 Å². The summed E-state index contributed by atoms with van der Waals surface area (Å²) in [6, 6.07) is 9.97. The van der Waals surface area contributed by atoms with E-state index < -0.39 is 0 Å². The molecular formula is C23H28N4O2. The van der Waals surface area contributed by atoms with E-state index in [0.717, 1.165) is 34.0 Å². The van der Waals surface area contributed by atoms with Gasteiger partial charge >= 0.3 is 0 Å². The van der Waals surface area contributed by atoms with Crippen molar-refractivity contribution >= 4 is 5.82 Å². The normalized spacial score (nSPS) is 11.4. The summed E-state index contributed by atoms with van der Waals surface area (Å²) < 4.78 is 6.11. The van der Waals surface area contributed by atoms with E-state index in [2.05, 4.69) is 45.4 Å². The molecule has 0 radical (unpaired) electrons. The van der Waals surface area contributed by atoms with Gasteiger partial charge in [0.25, 0.3) is 5.56 Å². The maximum atomic E-state index is 12.0. The number of aromatic amines is 1. The highest BCUT2D eigenvalue weighted by atomic mass is 16.5. The van der Waals surface area contributed by atoms with Gasteiger partial charge in [-0.15, -0.1) is 0 Å². The fourth-order valence-corrected chi connectivity index (χ4v) is 2.84. The van der Waals surface area contributed by atoms with Crippen LogP contribution in [0.1, 0.15) is 43.2 Å². The molecule has 0 unspecified atom stereocenters. The summed E-state index contributed by atoms with van der Waals surface area (Å²) >= 11 is 0. The second kappa shape index (κ2) is 8.07. The maximum absolute atomic E-state index is 12.0. The Morgan fingerprint density at radius 3 is 2.48 bits per heavy atom. The lowest BCUT2D eigenvalue weighted by atomic mass is 10.1. The van der Waals surface area contributed by atoms with Crippen LogP contribution in [-0.2, 0) is 6.54 Å². The summed E-state index contributed by atoms with van der Waals surface area (Å²) in [5.41, 5.74) is 3.95. The van der Waals surface area contributed by atoms with E-state index in [1.54, 1.807) is 13.1 Å². The number of hydrogen-bond donors (Lipinski definition) is 2. The minimum atomic E-state index is -0.265. The first-order chi connectivity index (χ1) is 13.6. The number of anilines is 1. The molecule has 0 atom stereocenters. The molecule has 3 rings (SSSR count).